The first-order valence-electron chi connectivity index (χ1n) is 17.5. The van der Waals surface area contributed by atoms with Crippen molar-refractivity contribution >= 4 is 43.6 Å². The van der Waals surface area contributed by atoms with Crippen molar-refractivity contribution in [3.8, 4) is 55.9 Å². The van der Waals surface area contributed by atoms with Crippen LogP contribution in [0.1, 0.15) is 0 Å². The third kappa shape index (κ3) is 5.17. The lowest BCUT2D eigenvalue weighted by atomic mass is 9.89. The van der Waals surface area contributed by atoms with Gasteiger partial charge in [0.15, 0.2) is 0 Å². The van der Waals surface area contributed by atoms with Gasteiger partial charge in [-0.05, 0) is 57.6 Å². The third-order valence-corrected chi connectivity index (χ3v) is 9.99. The Labute approximate surface area is 300 Å². The van der Waals surface area contributed by atoms with Gasteiger partial charge >= 0.3 is 0 Å². The molecule has 10 rings (SSSR count). The zero-order valence-electron chi connectivity index (χ0n) is 28.1. The second-order valence-electron chi connectivity index (χ2n) is 13.1. The van der Waals surface area contributed by atoms with Gasteiger partial charge in [-0.2, -0.15) is 0 Å². The van der Waals surface area contributed by atoms with Crippen LogP contribution in [0.25, 0.3) is 99.5 Å². The molecule has 0 atom stereocenters. The van der Waals surface area contributed by atoms with Crippen LogP contribution < -0.4 is 0 Å². The van der Waals surface area contributed by atoms with Gasteiger partial charge in [-0.1, -0.05) is 146 Å². The quantitative estimate of drug-likeness (QED) is 0.172. The molecular formula is C48H30N4. The second-order valence-corrected chi connectivity index (χ2v) is 13.1. The van der Waals surface area contributed by atoms with E-state index in [-0.39, 0.29) is 0 Å². The molecule has 0 amide bonds. The van der Waals surface area contributed by atoms with Crippen molar-refractivity contribution in [1.82, 2.24) is 19.9 Å². The van der Waals surface area contributed by atoms with Gasteiger partial charge in [0, 0.05) is 45.1 Å². The van der Waals surface area contributed by atoms with Crippen molar-refractivity contribution < 1.29 is 0 Å². The Morgan fingerprint density at radius 2 is 0.596 bits per heavy atom. The molecule has 0 fully saturated rings. The van der Waals surface area contributed by atoms with Crippen molar-refractivity contribution in [2.75, 3.05) is 0 Å². The van der Waals surface area contributed by atoms with Gasteiger partial charge in [0.25, 0.3) is 0 Å². The highest BCUT2D eigenvalue weighted by molar-refractivity contribution is 6.04. The van der Waals surface area contributed by atoms with E-state index < -0.39 is 0 Å². The van der Waals surface area contributed by atoms with Crippen LogP contribution in [0.15, 0.2) is 182 Å². The van der Waals surface area contributed by atoms with Gasteiger partial charge in [-0.3, -0.25) is 9.97 Å². The number of nitrogens with zero attached hydrogens (tertiary/aromatic N) is 4. The Hall–Kier alpha value is -7.04. The van der Waals surface area contributed by atoms with Crippen LogP contribution in [0.3, 0.4) is 0 Å². The van der Waals surface area contributed by atoms with Crippen molar-refractivity contribution in [3.63, 3.8) is 0 Å². The summed E-state index contributed by atoms with van der Waals surface area (Å²) in [6.07, 6.45) is 3.66. The van der Waals surface area contributed by atoms with E-state index in [4.69, 9.17) is 9.97 Å². The highest BCUT2D eigenvalue weighted by Gasteiger charge is 2.14. The smallest absolute Gasteiger partial charge is 0.0972 e. The lowest BCUT2D eigenvalue weighted by molar-refractivity contribution is 1.37. The summed E-state index contributed by atoms with van der Waals surface area (Å²) in [7, 11) is 0. The van der Waals surface area contributed by atoms with Crippen LogP contribution in [0, 0.1) is 0 Å². The SMILES string of the molecule is c1ccc(-c2ccccc2-c2ccc(-c3ccc4ccc5cccnc5c4n3)cc2)c(-c2ccc(-c3ccc4ccc5cccnc5c4n3)cc2)c1. The number of rotatable bonds is 5. The molecule has 4 heterocycles. The van der Waals surface area contributed by atoms with Crippen molar-refractivity contribution in [2.45, 2.75) is 0 Å². The summed E-state index contributed by atoms with van der Waals surface area (Å²) >= 11 is 0. The molecular weight excluding hydrogens is 633 g/mol. The molecule has 0 unspecified atom stereocenters. The first kappa shape index (κ1) is 29.8. The summed E-state index contributed by atoms with van der Waals surface area (Å²) in [5.41, 5.74) is 14.8. The fourth-order valence-corrected chi connectivity index (χ4v) is 7.35. The number of benzene rings is 6. The minimum absolute atomic E-state index is 0.925. The largest absolute Gasteiger partial charge is 0.254 e. The first-order valence-corrected chi connectivity index (χ1v) is 17.5. The molecule has 0 aliphatic rings. The van der Waals surface area contributed by atoms with Crippen LogP contribution >= 0.6 is 0 Å². The Kier molecular flexibility index (Phi) is 7.10. The van der Waals surface area contributed by atoms with E-state index in [0.717, 1.165) is 77.3 Å². The fraction of sp³-hybridized carbons (Fsp3) is 0. The minimum Gasteiger partial charge on any atom is -0.254 e. The average molecular weight is 663 g/mol. The average Bonchev–Trinajstić information content (AvgIpc) is 3.23. The van der Waals surface area contributed by atoms with Crippen molar-refractivity contribution in [3.05, 3.63) is 182 Å². The number of fused-ring (bicyclic) bond motifs is 6. The summed E-state index contributed by atoms with van der Waals surface area (Å²) in [6, 6.07) is 59.8. The maximum Gasteiger partial charge on any atom is 0.0972 e. The normalized spacial score (nSPS) is 11.5. The minimum atomic E-state index is 0.925. The van der Waals surface area contributed by atoms with Gasteiger partial charge in [-0.25, -0.2) is 9.97 Å². The molecule has 6 aromatic carbocycles. The number of hydrogen-bond acceptors (Lipinski definition) is 4. The maximum atomic E-state index is 5.07. The molecule has 242 valence electrons. The monoisotopic (exact) mass is 662 g/mol. The lowest BCUT2D eigenvalue weighted by Gasteiger charge is -2.15. The molecule has 52 heavy (non-hydrogen) atoms. The van der Waals surface area contributed by atoms with E-state index in [0.29, 0.717) is 0 Å². The van der Waals surface area contributed by atoms with Crippen molar-refractivity contribution in [2.24, 2.45) is 0 Å². The zero-order valence-corrected chi connectivity index (χ0v) is 28.1. The molecule has 0 saturated heterocycles. The Bertz CT molecular complexity index is 2750. The van der Waals surface area contributed by atoms with E-state index in [1.54, 1.807) is 0 Å². The summed E-state index contributed by atoms with van der Waals surface area (Å²) < 4.78 is 0. The Balaban J connectivity index is 0.985. The molecule has 4 aromatic heterocycles. The summed E-state index contributed by atoms with van der Waals surface area (Å²) in [4.78, 5) is 19.4. The fourth-order valence-electron chi connectivity index (χ4n) is 7.35. The predicted octanol–water partition coefficient (Wildman–Crippen LogP) is 12.2. The zero-order chi connectivity index (χ0) is 34.4. The van der Waals surface area contributed by atoms with E-state index in [1.165, 1.54) is 22.3 Å². The molecule has 4 nitrogen and oxygen atoms in total. The van der Waals surface area contributed by atoms with Gasteiger partial charge in [0.05, 0.1) is 33.5 Å². The molecule has 0 N–H and O–H groups in total. The van der Waals surface area contributed by atoms with Gasteiger partial charge in [0.1, 0.15) is 0 Å². The summed E-state index contributed by atoms with van der Waals surface area (Å²) in [6.45, 7) is 0. The predicted molar refractivity (Wildman–Crippen MR) is 215 cm³/mol. The summed E-state index contributed by atoms with van der Waals surface area (Å²) in [5, 5.41) is 4.36. The molecule has 10 aromatic rings. The van der Waals surface area contributed by atoms with Crippen LogP contribution in [0.5, 0.6) is 0 Å². The van der Waals surface area contributed by atoms with Crippen molar-refractivity contribution in [1.29, 1.82) is 0 Å². The van der Waals surface area contributed by atoms with Crippen LogP contribution in [0.4, 0.5) is 0 Å². The molecule has 0 radical (unpaired) electrons. The maximum absolute atomic E-state index is 5.07. The van der Waals surface area contributed by atoms with Crippen LogP contribution in [-0.2, 0) is 0 Å². The highest BCUT2D eigenvalue weighted by atomic mass is 14.8. The molecule has 0 aliphatic carbocycles. The first-order chi connectivity index (χ1) is 25.8. The Morgan fingerprint density at radius 3 is 1.02 bits per heavy atom. The van der Waals surface area contributed by atoms with Gasteiger partial charge in [-0.15, -0.1) is 0 Å². The lowest BCUT2D eigenvalue weighted by Crippen LogP contribution is -1.91. The molecule has 0 spiro atoms. The molecule has 0 aliphatic heterocycles. The molecule has 0 saturated carbocycles. The number of aromatic nitrogens is 4. The van der Waals surface area contributed by atoms with Crippen LogP contribution in [0.2, 0.25) is 0 Å². The molecule has 0 bridgehead atoms. The van der Waals surface area contributed by atoms with Crippen LogP contribution in [-0.4, -0.2) is 19.9 Å². The van der Waals surface area contributed by atoms with E-state index in [2.05, 4.69) is 168 Å². The highest BCUT2D eigenvalue weighted by Crippen LogP contribution is 2.39. The number of pyridine rings is 4. The Morgan fingerprint density at radius 1 is 0.250 bits per heavy atom. The van der Waals surface area contributed by atoms with E-state index in [1.807, 2.05) is 24.5 Å². The number of hydrogen-bond donors (Lipinski definition) is 0. The second kappa shape index (κ2) is 12.4. The summed E-state index contributed by atoms with van der Waals surface area (Å²) in [5.74, 6) is 0. The van der Waals surface area contributed by atoms with E-state index in [9.17, 15) is 0 Å². The van der Waals surface area contributed by atoms with E-state index >= 15 is 0 Å². The third-order valence-electron chi connectivity index (χ3n) is 9.99. The van der Waals surface area contributed by atoms with Gasteiger partial charge < -0.3 is 0 Å². The topological polar surface area (TPSA) is 51.6 Å². The van der Waals surface area contributed by atoms with Gasteiger partial charge in [0.2, 0.25) is 0 Å². The standard InChI is InChI=1S/C48H30N4/c1-3-11-41(39(9-1)31-13-17-33(18-14-31)43-27-25-37-23-21-35-7-5-29-49-45(35)47(37)51-43)42-12-4-2-10-40(42)32-15-19-34(20-16-32)44-28-26-38-24-22-36-8-6-30-50-46(36)48(38)52-44/h1-30H. The molecule has 4 heteroatoms.